The Balaban J connectivity index is 1.34. The summed E-state index contributed by atoms with van der Waals surface area (Å²) in [4.78, 5) is 9.46. The fourth-order valence-corrected chi connectivity index (χ4v) is 4.93. The number of furan rings is 1. The summed E-state index contributed by atoms with van der Waals surface area (Å²) in [5, 5.41) is 1.09. The Hall–Kier alpha value is -3.60. The number of pyridine rings is 1. The van der Waals surface area contributed by atoms with Crippen LogP contribution in [0.2, 0.25) is 0 Å². The van der Waals surface area contributed by atoms with E-state index in [1.54, 1.807) is 25.5 Å². The molecule has 0 radical (unpaired) electrons. The molecule has 0 aliphatic carbocycles. The minimum atomic E-state index is -3.70. The molecule has 0 atom stereocenters. The normalized spacial score (nSPS) is 14.7. The average Bonchev–Trinajstić information content (AvgIpc) is 3.36. The maximum absolute atomic E-state index is 11.9. The zero-order valence-electron chi connectivity index (χ0n) is 20.8. The lowest BCUT2D eigenvalue weighted by atomic mass is 10.1. The first-order chi connectivity index (χ1) is 17.9. The van der Waals surface area contributed by atoms with Gasteiger partial charge in [-0.2, -0.15) is 8.42 Å². The molecule has 0 N–H and O–H groups in total. The van der Waals surface area contributed by atoms with Gasteiger partial charge in [0.2, 0.25) is 0 Å². The summed E-state index contributed by atoms with van der Waals surface area (Å²) in [7, 11) is -2.14. The average molecular weight is 524 g/mol. The van der Waals surface area contributed by atoms with Crippen LogP contribution in [0, 0.1) is 0 Å². The lowest BCUT2D eigenvalue weighted by Crippen LogP contribution is -2.46. The first-order valence-electron chi connectivity index (χ1n) is 11.9. The highest BCUT2D eigenvalue weighted by molar-refractivity contribution is 7.86. The van der Waals surface area contributed by atoms with Crippen LogP contribution in [0.25, 0.3) is 22.2 Å². The third-order valence-corrected chi connectivity index (χ3v) is 6.62. The standard InChI is InChI=1S/C27H29N3O6S/c1-33-19-35-23-7-3-6-21(15-23)25-17-24(36-37(2,31)32)16-22(28-25)18-29-10-12-30(13-11-29)26-8-4-5-20-9-14-34-27(20)26/h3-9,14-17H,10-13,18-19H2,1-2H3. The van der Waals surface area contributed by atoms with E-state index in [0.29, 0.717) is 18.0 Å². The molecule has 0 amide bonds. The maximum atomic E-state index is 11.9. The molecule has 1 fully saturated rings. The number of hydrogen-bond donors (Lipinski definition) is 0. The number of anilines is 1. The van der Waals surface area contributed by atoms with Crippen molar-refractivity contribution in [3.8, 4) is 22.8 Å². The Kier molecular flexibility index (Phi) is 7.31. The molecule has 0 spiro atoms. The Labute approximate surface area is 216 Å². The van der Waals surface area contributed by atoms with Crippen LogP contribution in [-0.4, -0.2) is 64.6 Å². The zero-order valence-corrected chi connectivity index (χ0v) is 21.6. The van der Waals surface area contributed by atoms with Crippen molar-refractivity contribution in [1.82, 2.24) is 9.88 Å². The molecular weight excluding hydrogens is 494 g/mol. The van der Waals surface area contributed by atoms with E-state index in [1.807, 2.05) is 42.5 Å². The lowest BCUT2D eigenvalue weighted by molar-refractivity contribution is 0.0511. The van der Waals surface area contributed by atoms with Gasteiger partial charge in [0.15, 0.2) is 12.4 Å². The molecule has 0 saturated carbocycles. The number of fused-ring (bicyclic) bond motifs is 1. The van der Waals surface area contributed by atoms with Crippen molar-refractivity contribution in [1.29, 1.82) is 0 Å². The second-order valence-corrected chi connectivity index (χ2v) is 10.5. The molecule has 2 aromatic heterocycles. The van der Waals surface area contributed by atoms with Crippen molar-refractivity contribution in [2.45, 2.75) is 6.54 Å². The third kappa shape index (κ3) is 6.22. The summed E-state index contributed by atoms with van der Waals surface area (Å²) in [6, 6.07) is 18.9. The summed E-state index contributed by atoms with van der Waals surface area (Å²) in [5.41, 5.74) is 4.11. The van der Waals surface area contributed by atoms with Gasteiger partial charge in [0, 0.05) is 62.9 Å². The molecule has 1 aliphatic rings. The van der Waals surface area contributed by atoms with Crippen LogP contribution in [0.5, 0.6) is 11.5 Å². The molecule has 194 valence electrons. The fourth-order valence-electron chi connectivity index (χ4n) is 4.49. The van der Waals surface area contributed by atoms with E-state index < -0.39 is 10.1 Å². The Morgan fingerprint density at radius 3 is 2.57 bits per heavy atom. The summed E-state index contributed by atoms with van der Waals surface area (Å²) >= 11 is 0. The van der Waals surface area contributed by atoms with E-state index >= 15 is 0 Å². The second kappa shape index (κ2) is 10.8. The molecule has 5 rings (SSSR count). The summed E-state index contributed by atoms with van der Waals surface area (Å²) in [6.45, 7) is 4.01. The second-order valence-electron chi connectivity index (χ2n) is 8.92. The van der Waals surface area contributed by atoms with E-state index in [4.69, 9.17) is 23.1 Å². The monoisotopic (exact) mass is 523 g/mol. The van der Waals surface area contributed by atoms with Crippen molar-refractivity contribution < 1.29 is 26.5 Å². The van der Waals surface area contributed by atoms with Gasteiger partial charge in [-0.3, -0.25) is 9.88 Å². The summed E-state index contributed by atoms with van der Waals surface area (Å²) in [6.07, 6.45) is 2.75. The van der Waals surface area contributed by atoms with Gasteiger partial charge in [0.05, 0.1) is 29.6 Å². The molecule has 10 heteroatoms. The van der Waals surface area contributed by atoms with E-state index in [1.165, 1.54) is 0 Å². The highest BCUT2D eigenvalue weighted by atomic mass is 32.2. The summed E-state index contributed by atoms with van der Waals surface area (Å²) in [5.74, 6) is 0.855. The number of methoxy groups -OCH3 is 1. The van der Waals surface area contributed by atoms with Crippen molar-refractivity contribution in [2.24, 2.45) is 0 Å². The number of hydrogen-bond acceptors (Lipinski definition) is 9. The number of benzene rings is 2. The molecule has 1 saturated heterocycles. The third-order valence-electron chi connectivity index (χ3n) is 6.13. The van der Waals surface area contributed by atoms with Gasteiger partial charge in [-0.15, -0.1) is 0 Å². The molecule has 4 aromatic rings. The highest BCUT2D eigenvalue weighted by Crippen LogP contribution is 2.30. The number of rotatable bonds is 9. The Morgan fingerprint density at radius 2 is 1.78 bits per heavy atom. The van der Waals surface area contributed by atoms with Gasteiger partial charge in [0.1, 0.15) is 11.5 Å². The highest BCUT2D eigenvalue weighted by Gasteiger charge is 2.21. The van der Waals surface area contributed by atoms with Crippen molar-refractivity contribution in [2.75, 3.05) is 51.2 Å². The lowest BCUT2D eigenvalue weighted by Gasteiger charge is -2.36. The van der Waals surface area contributed by atoms with E-state index in [2.05, 4.69) is 15.9 Å². The number of nitrogens with zero attached hydrogens (tertiary/aromatic N) is 3. The van der Waals surface area contributed by atoms with Crippen LogP contribution in [0.4, 0.5) is 5.69 Å². The first kappa shape index (κ1) is 25.1. The molecule has 3 heterocycles. The fraction of sp³-hybridized carbons (Fsp3) is 0.296. The zero-order chi connectivity index (χ0) is 25.8. The van der Waals surface area contributed by atoms with Crippen LogP contribution in [0.3, 0.4) is 0 Å². The van der Waals surface area contributed by atoms with Gasteiger partial charge in [-0.25, -0.2) is 0 Å². The van der Waals surface area contributed by atoms with Crippen LogP contribution in [0.1, 0.15) is 5.69 Å². The Bertz CT molecular complexity index is 1480. The van der Waals surface area contributed by atoms with Gasteiger partial charge < -0.3 is 23.0 Å². The molecule has 37 heavy (non-hydrogen) atoms. The van der Waals surface area contributed by atoms with Crippen molar-refractivity contribution in [3.63, 3.8) is 0 Å². The minimum absolute atomic E-state index is 0.125. The number of piperazine rings is 1. The van der Waals surface area contributed by atoms with Gasteiger partial charge in [-0.05, 0) is 24.3 Å². The Morgan fingerprint density at radius 1 is 0.973 bits per heavy atom. The number of ether oxygens (including phenoxy) is 2. The van der Waals surface area contributed by atoms with Crippen molar-refractivity contribution >= 4 is 26.8 Å². The molecular formula is C27H29N3O6S. The largest absolute Gasteiger partial charge is 0.468 e. The van der Waals surface area contributed by atoms with Crippen LogP contribution in [0.15, 0.2) is 71.3 Å². The number of aromatic nitrogens is 1. The van der Waals surface area contributed by atoms with Crippen LogP contribution < -0.4 is 13.8 Å². The number of para-hydroxylation sites is 1. The van der Waals surface area contributed by atoms with Gasteiger partial charge in [0.25, 0.3) is 0 Å². The molecule has 0 bridgehead atoms. The summed E-state index contributed by atoms with van der Waals surface area (Å²) < 4.78 is 45.2. The molecule has 2 aromatic carbocycles. The van der Waals surface area contributed by atoms with Gasteiger partial charge >= 0.3 is 10.1 Å². The molecule has 0 unspecified atom stereocenters. The molecule has 9 nitrogen and oxygen atoms in total. The SMILES string of the molecule is COCOc1cccc(-c2cc(OS(C)(=O)=O)cc(CN3CCN(c4cccc5ccoc45)CC3)n2)c1. The van der Waals surface area contributed by atoms with Crippen LogP contribution in [-0.2, 0) is 21.4 Å². The van der Waals surface area contributed by atoms with E-state index in [-0.39, 0.29) is 12.5 Å². The predicted octanol–water partition coefficient (Wildman–Crippen LogP) is 4.14. The van der Waals surface area contributed by atoms with E-state index in [9.17, 15) is 8.42 Å². The van der Waals surface area contributed by atoms with E-state index in [0.717, 1.165) is 60.3 Å². The quantitative estimate of drug-likeness (QED) is 0.237. The molecule has 1 aliphatic heterocycles. The van der Waals surface area contributed by atoms with Gasteiger partial charge in [-0.1, -0.05) is 24.3 Å². The maximum Gasteiger partial charge on any atom is 0.306 e. The van der Waals surface area contributed by atoms with Crippen LogP contribution >= 0.6 is 0 Å². The predicted molar refractivity (Wildman–Crippen MR) is 141 cm³/mol. The smallest absolute Gasteiger partial charge is 0.306 e. The van der Waals surface area contributed by atoms with Crippen molar-refractivity contribution in [3.05, 3.63) is 72.6 Å². The first-order valence-corrected chi connectivity index (χ1v) is 13.8. The minimum Gasteiger partial charge on any atom is -0.468 e. The topological polar surface area (TPSA) is 94.3 Å².